The molecule has 1 aliphatic rings. The normalized spacial score (nSPS) is 16.1. The zero-order chi connectivity index (χ0) is 12.3. The molecule has 0 aliphatic carbocycles. The van der Waals surface area contributed by atoms with Crippen LogP contribution < -0.4 is 10.1 Å². The molecule has 1 amide bonds. The monoisotopic (exact) mass is 238 g/mol. The van der Waals surface area contributed by atoms with Gasteiger partial charge in [0.25, 0.3) is 0 Å². The van der Waals surface area contributed by atoms with Crippen LogP contribution in [0.15, 0.2) is 18.2 Å². The van der Waals surface area contributed by atoms with Crippen molar-refractivity contribution in [2.45, 2.75) is 6.54 Å². The van der Waals surface area contributed by atoms with Gasteiger partial charge in [-0.1, -0.05) is 6.07 Å². The third kappa shape index (κ3) is 2.74. The van der Waals surface area contributed by atoms with Crippen molar-refractivity contribution in [1.82, 2.24) is 10.2 Å². The van der Waals surface area contributed by atoms with Crippen molar-refractivity contribution in [2.24, 2.45) is 0 Å². The van der Waals surface area contributed by atoms with Gasteiger partial charge in [0.2, 0.25) is 5.91 Å². The number of benzene rings is 1. The summed E-state index contributed by atoms with van der Waals surface area (Å²) in [4.78, 5) is 13.2. The van der Waals surface area contributed by atoms with Gasteiger partial charge in [0.05, 0.1) is 13.7 Å². The molecular formula is C12H15FN2O2. The molecule has 0 bridgehead atoms. The number of methoxy groups -OCH3 is 1. The molecule has 1 saturated heterocycles. The fourth-order valence-corrected chi connectivity index (χ4v) is 1.80. The third-order valence-electron chi connectivity index (χ3n) is 2.81. The molecule has 1 aromatic carbocycles. The van der Waals surface area contributed by atoms with Crippen LogP contribution in [0.2, 0.25) is 0 Å². The predicted molar refractivity (Wildman–Crippen MR) is 61.2 cm³/mol. The Bertz CT molecular complexity index is 423. The average molecular weight is 238 g/mol. The molecule has 0 unspecified atom stereocenters. The molecule has 1 aromatic rings. The van der Waals surface area contributed by atoms with Gasteiger partial charge in [0.15, 0.2) is 0 Å². The van der Waals surface area contributed by atoms with Crippen LogP contribution in [0.25, 0.3) is 0 Å². The van der Waals surface area contributed by atoms with Gasteiger partial charge in [-0.3, -0.25) is 4.79 Å². The molecule has 0 spiro atoms. The number of rotatable bonds is 3. The first kappa shape index (κ1) is 11.9. The maximum Gasteiger partial charge on any atom is 0.236 e. The Morgan fingerprint density at radius 3 is 3.00 bits per heavy atom. The highest BCUT2D eigenvalue weighted by Crippen LogP contribution is 2.18. The van der Waals surface area contributed by atoms with Crippen LogP contribution in [-0.2, 0) is 11.3 Å². The predicted octanol–water partition coefficient (Wildman–Crippen LogP) is 0.766. The number of ether oxygens (including phenoxy) is 1. The topological polar surface area (TPSA) is 41.6 Å². The summed E-state index contributed by atoms with van der Waals surface area (Å²) in [6, 6.07) is 4.69. The molecule has 2 rings (SSSR count). The zero-order valence-corrected chi connectivity index (χ0v) is 9.70. The van der Waals surface area contributed by atoms with E-state index in [0.29, 0.717) is 30.9 Å². The quantitative estimate of drug-likeness (QED) is 0.845. The summed E-state index contributed by atoms with van der Waals surface area (Å²) in [5.74, 6) is 0.153. The van der Waals surface area contributed by atoms with E-state index in [0.717, 1.165) is 6.54 Å². The smallest absolute Gasteiger partial charge is 0.236 e. The van der Waals surface area contributed by atoms with Crippen molar-refractivity contribution >= 4 is 5.91 Å². The summed E-state index contributed by atoms with van der Waals surface area (Å²) < 4.78 is 18.6. The molecule has 5 heteroatoms. The number of hydrogen-bond donors (Lipinski definition) is 1. The van der Waals surface area contributed by atoms with Gasteiger partial charge in [0.1, 0.15) is 11.6 Å². The molecule has 0 saturated carbocycles. The second-order valence-electron chi connectivity index (χ2n) is 3.95. The summed E-state index contributed by atoms with van der Waals surface area (Å²) in [6.45, 7) is 2.02. The van der Waals surface area contributed by atoms with E-state index < -0.39 is 0 Å². The van der Waals surface area contributed by atoms with Gasteiger partial charge in [-0.25, -0.2) is 4.39 Å². The highest BCUT2D eigenvalue weighted by atomic mass is 19.1. The lowest BCUT2D eigenvalue weighted by Gasteiger charge is -2.27. The maximum atomic E-state index is 13.7. The van der Waals surface area contributed by atoms with Gasteiger partial charge >= 0.3 is 0 Å². The molecule has 0 atom stereocenters. The fourth-order valence-electron chi connectivity index (χ4n) is 1.80. The number of carbonyl (C=O) groups is 1. The van der Waals surface area contributed by atoms with Crippen LogP contribution in [0.5, 0.6) is 5.75 Å². The van der Waals surface area contributed by atoms with E-state index in [1.54, 1.807) is 17.0 Å². The second-order valence-corrected chi connectivity index (χ2v) is 3.95. The lowest BCUT2D eigenvalue weighted by atomic mass is 10.1. The van der Waals surface area contributed by atoms with Crippen LogP contribution in [0.3, 0.4) is 0 Å². The molecule has 92 valence electrons. The van der Waals surface area contributed by atoms with E-state index in [1.807, 2.05) is 0 Å². The molecular weight excluding hydrogens is 223 g/mol. The van der Waals surface area contributed by atoms with Crippen molar-refractivity contribution in [3.8, 4) is 5.75 Å². The number of nitrogens with zero attached hydrogens (tertiary/aromatic N) is 1. The molecule has 0 radical (unpaired) electrons. The van der Waals surface area contributed by atoms with Crippen molar-refractivity contribution in [3.05, 3.63) is 29.6 Å². The zero-order valence-electron chi connectivity index (χ0n) is 9.70. The highest BCUT2D eigenvalue weighted by molar-refractivity contribution is 5.79. The van der Waals surface area contributed by atoms with Crippen molar-refractivity contribution < 1.29 is 13.9 Å². The molecule has 1 heterocycles. The lowest BCUT2D eigenvalue weighted by Crippen LogP contribution is -2.47. The van der Waals surface area contributed by atoms with E-state index in [2.05, 4.69) is 5.32 Å². The van der Waals surface area contributed by atoms with E-state index in [-0.39, 0.29) is 11.7 Å². The van der Waals surface area contributed by atoms with Gasteiger partial charge in [-0.2, -0.15) is 0 Å². The molecule has 0 aromatic heterocycles. The largest absolute Gasteiger partial charge is 0.497 e. The minimum absolute atomic E-state index is 0.00599. The third-order valence-corrected chi connectivity index (χ3v) is 2.81. The Morgan fingerprint density at radius 1 is 1.53 bits per heavy atom. The Hall–Kier alpha value is -1.62. The van der Waals surface area contributed by atoms with Crippen LogP contribution in [0.4, 0.5) is 4.39 Å². The first-order chi connectivity index (χ1) is 8.20. The SMILES string of the molecule is COc1ccc(CN2CCNCC2=O)c(F)c1. The minimum atomic E-state index is -0.337. The summed E-state index contributed by atoms with van der Waals surface area (Å²) >= 11 is 0. The Labute approximate surface area is 99.4 Å². The lowest BCUT2D eigenvalue weighted by molar-refractivity contribution is -0.132. The van der Waals surface area contributed by atoms with Gasteiger partial charge in [-0.15, -0.1) is 0 Å². The van der Waals surface area contributed by atoms with Gasteiger partial charge in [-0.05, 0) is 6.07 Å². The van der Waals surface area contributed by atoms with Crippen molar-refractivity contribution in [1.29, 1.82) is 0 Å². The van der Waals surface area contributed by atoms with Crippen LogP contribution in [0, 0.1) is 5.82 Å². The number of halogens is 1. The number of piperazine rings is 1. The number of hydrogen-bond acceptors (Lipinski definition) is 3. The second kappa shape index (κ2) is 5.14. The molecule has 17 heavy (non-hydrogen) atoms. The van der Waals surface area contributed by atoms with Crippen LogP contribution >= 0.6 is 0 Å². The van der Waals surface area contributed by atoms with E-state index in [1.165, 1.54) is 13.2 Å². The van der Waals surface area contributed by atoms with E-state index in [9.17, 15) is 9.18 Å². The highest BCUT2D eigenvalue weighted by Gasteiger charge is 2.18. The first-order valence-corrected chi connectivity index (χ1v) is 5.51. The van der Waals surface area contributed by atoms with Crippen LogP contribution in [0.1, 0.15) is 5.56 Å². The van der Waals surface area contributed by atoms with Gasteiger partial charge in [0, 0.05) is 31.3 Å². The van der Waals surface area contributed by atoms with Crippen molar-refractivity contribution in [2.75, 3.05) is 26.7 Å². The number of carbonyl (C=O) groups excluding carboxylic acids is 1. The maximum absolute atomic E-state index is 13.7. The Kier molecular flexibility index (Phi) is 3.58. The van der Waals surface area contributed by atoms with Gasteiger partial charge < -0.3 is 15.0 Å². The summed E-state index contributed by atoms with van der Waals surface area (Å²) in [5, 5.41) is 2.98. The minimum Gasteiger partial charge on any atom is -0.497 e. The number of amides is 1. The first-order valence-electron chi connectivity index (χ1n) is 5.51. The van der Waals surface area contributed by atoms with Crippen LogP contribution in [-0.4, -0.2) is 37.6 Å². The Balaban J connectivity index is 2.10. The average Bonchev–Trinajstić information content (AvgIpc) is 2.34. The van der Waals surface area contributed by atoms with Crippen molar-refractivity contribution in [3.63, 3.8) is 0 Å². The summed E-state index contributed by atoms with van der Waals surface area (Å²) in [6.07, 6.45) is 0. The molecule has 1 aliphatic heterocycles. The molecule has 1 N–H and O–H groups in total. The van der Waals surface area contributed by atoms with E-state index >= 15 is 0 Å². The molecule has 1 fully saturated rings. The number of nitrogens with one attached hydrogen (secondary N) is 1. The summed E-state index contributed by atoms with van der Waals surface area (Å²) in [5.41, 5.74) is 0.515. The standard InChI is InChI=1S/C12H15FN2O2/c1-17-10-3-2-9(11(13)6-10)8-15-5-4-14-7-12(15)16/h2-3,6,14H,4-5,7-8H2,1H3. The fraction of sp³-hybridized carbons (Fsp3) is 0.417. The van der Waals surface area contributed by atoms with E-state index in [4.69, 9.17) is 4.74 Å². The summed E-state index contributed by atoms with van der Waals surface area (Å²) in [7, 11) is 1.49. The molecule has 4 nitrogen and oxygen atoms in total. The Morgan fingerprint density at radius 2 is 2.35 bits per heavy atom.